The van der Waals surface area contributed by atoms with Crippen molar-refractivity contribution < 1.29 is 14.4 Å². The zero-order valence-electron chi connectivity index (χ0n) is 13.4. The van der Waals surface area contributed by atoms with Gasteiger partial charge in [-0.3, -0.25) is 19.3 Å². The predicted molar refractivity (Wildman–Crippen MR) is 91.5 cm³/mol. The fourth-order valence-corrected chi connectivity index (χ4v) is 5.28. The summed E-state index contributed by atoms with van der Waals surface area (Å²) in [5.74, 6) is 0.224. The van der Waals surface area contributed by atoms with Crippen LogP contribution in [0, 0.1) is 35.5 Å². The first kappa shape index (κ1) is 15.1. The number of anilines is 1. The molecular weight excluding hydrogens is 340 g/mol. The average molecular weight is 357 g/mol. The van der Waals surface area contributed by atoms with E-state index in [2.05, 4.69) is 17.5 Å². The fourth-order valence-electron chi connectivity index (χ4n) is 5.08. The van der Waals surface area contributed by atoms with Crippen molar-refractivity contribution in [2.24, 2.45) is 35.5 Å². The van der Waals surface area contributed by atoms with E-state index in [1.54, 1.807) is 24.3 Å². The minimum absolute atomic E-state index is 0.178. The zero-order valence-corrected chi connectivity index (χ0v) is 14.1. The van der Waals surface area contributed by atoms with Crippen LogP contribution in [0.25, 0.3) is 0 Å². The maximum atomic E-state index is 12.8. The number of carbonyl (C=O) groups excluding carboxylic acids is 3. The SMILES string of the molecule is O=C(CN1C(=O)[C@H]2[C@@H]3C=C[C@H]([C@H]4C[C@H]34)[C@@H]2C1=O)Nc1cccc(Cl)c1. The summed E-state index contributed by atoms with van der Waals surface area (Å²) in [7, 11) is 0. The van der Waals surface area contributed by atoms with E-state index in [9.17, 15) is 14.4 Å². The Labute approximate surface area is 150 Å². The van der Waals surface area contributed by atoms with E-state index in [1.165, 1.54) is 0 Å². The van der Waals surface area contributed by atoms with E-state index in [1.807, 2.05) is 0 Å². The Kier molecular flexibility index (Phi) is 3.14. The number of halogens is 1. The van der Waals surface area contributed by atoms with Crippen LogP contribution in [0.4, 0.5) is 5.69 Å². The molecule has 0 unspecified atom stereocenters. The Balaban J connectivity index is 1.33. The number of carbonyl (C=O) groups is 3. The molecule has 1 heterocycles. The number of nitrogens with zero attached hydrogens (tertiary/aromatic N) is 1. The van der Waals surface area contributed by atoms with Crippen LogP contribution in [0.1, 0.15) is 6.42 Å². The van der Waals surface area contributed by atoms with Crippen molar-refractivity contribution in [3.05, 3.63) is 41.4 Å². The standard InChI is InChI=1S/C19H17ClN2O3/c20-9-2-1-3-10(6-9)21-15(23)8-22-18(24)16-11-4-5-12(14-7-13(11)14)17(16)19(22)25/h1-6,11-14,16-17H,7-8H2,(H,21,23)/t11-,12-,13-,14-,16+,17+/m1/s1. The van der Waals surface area contributed by atoms with Gasteiger partial charge in [0.15, 0.2) is 0 Å². The van der Waals surface area contributed by atoms with Gasteiger partial charge in [-0.1, -0.05) is 29.8 Å². The lowest BCUT2D eigenvalue weighted by Gasteiger charge is -2.37. The normalized spacial score (nSPS) is 37.1. The molecule has 1 aliphatic heterocycles. The highest BCUT2D eigenvalue weighted by molar-refractivity contribution is 6.30. The van der Waals surface area contributed by atoms with Crippen molar-refractivity contribution in [2.75, 3.05) is 11.9 Å². The third kappa shape index (κ3) is 2.18. The quantitative estimate of drug-likeness (QED) is 0.667. The molecule has 6 heteroatoms. The Morgan fingerprint density at radius 1 is 1.12 bits per heavy atom. The highest BCUT2D eigenvalue weighted by atomic mass is 35.5. The lowest BCUT2D eigenvalue weighted by molar-refractivity contribution is -0.142. The monoisotopic (exact) mass is 356 g/mol. The minimum atomic E-state index is -0.381. The molecule has 1 aromatic carbocycles. The largest absolute Gasteiger partial charge is 0.324 e. The summed E-state index contributed by atoms with van der Waals surface area (Å²) >= 11 is 5.91. The van der Waals surface area contributed by atoms with Crippen molar-refractivity contribution in [2.45, 2.75) is 6.42 Å². The van der Waals surface area contributed by atoms with E-state index in [0.29, 0.717) is 22.5 Å². The number of hydrogen-bond donors (Lipinski definition) is 1. The number of likely N-dealkylation sites (tertiary alicyclic amines) is 1. The molecule has 25 heavy (non-hydrogen) atoms. The van der Waals surface area contributed by atoms with Gasteiger partial charge in [-0.25, -0.2) is 0 Å². The van der Waals surface area contributed by atoms with E-state index in [0.717, 1.165) is 11.3 Å². The summed E-state index contributed by atoms with van der Waals surface area (Å²) in [6.45, 7) is -0.230. The maximum Gasteiger partial charge on any atom is 0.244 e. The second kappa shape index (κ2) is 5.18. The fraction of sp³-hybridized carbons (Fsp3) is 0.421. The molecule has 0 spiro atoms. The molecule has 0 radical (unpaired) electrons. The van der Waals surface area contributed by atoms with Gasteiger partial charge in [-0.2, -0.15) is 0 Å². The molecule has 5 aliphatic rings. The van der Waals surface area contributed by atoms with Crippen LogP contribution in [-0.4, -0.2) is 29.2 Å². The third-order valence-electron chi connectivity index (χ3n) is 6.16. The first-order valence-corrected chi connectivity index (χ1v) is 9.01. The molecule has 1 N–H and O–H groups in total. The predicted octanol–water partition coefficient (Wildman–Crippen LogP) is 2.33. The Hall–Kier alpha value is -2.14. The van der Waals surface area contributed by atoms with Gasteiger partial charge in [0, 0.05) is 10.7 Å². The highest BCUT2D eigenvalue weighted by Crippen LogP contribution is 2.65. The second-order valence-corrected chi connectivity index (χ2v) is 7.91. The number of imide groups is 1. The van der Waals surface area contributed by atoms with Crippen LogP contribution in [-0.2, 0) is 14.4 Å². The van der Waals surface area contributed by atoms with E-state index >= 15 is 0 Å². The molecule has 3 fully saturated rings. The zero-order chi connectivity index (χ0) is 17.3. The molecular formula is C19H17ClN2O3. The highest BCUT2D eigenvalue weighted by Gasteiger charge is 2.67. The number of hydrogen-bond acceptors (Lipinski definition) is 3. The van der Waals surface area contributed by atoms with E-state index < -0.39 is 0 Å². The molecule has 0 aromatic heterocycles. The summed E-state index contributed by atoms with van der Waals surface area (Å²) in [4.78, 5) is 39.1. The molecule has 6 atom stereocenters. The molecule has 6 rings (SSSR count). The summed E-state index contributed by atoms with van der Waals surface area (Å²) in [5, 5.41) is 3.22. The van der Waals surface area contributed by atoms with Crippen LogP contribution in [0.15, 0.2) is 36.4 Å². The van der Waals surface area contributed by atoms with Gasteiger partial charge in [0.1, 0.15) is 6.54 Å². The van der Waals surface area contributed by atoms with Crippen LogP contribution in [0.2, 0.25) is 5.02 Å². The van der Waals surface area contributed by atoms with Crippen LogP contribution >= 0.6 is 11.6 Å². The van der Waals surface area contributed by atoms with Gasteiger partial charge >= 0.3 is 0 Å². The molecule has 128 valence electrons. The molecule has 1 saturated heterocycles. The smallest absolute Gasteiger partial charge is 0.244 e. The first-order valence-electron chi connectivity index (χ1n) is 8.63. The van der Waals surface area contributed by atoms with E-state index in [-0.39, 0.29) is 47.9 Å². The second-order valence-electron chi connectivity index (χ2n) is 7.48. The molecule has 2 bridgehead atoms. The molecule has 4 aliphatic carbocycles. The number of amides is 3. The molecule has 1 aromatic rings. The minimum Gasteiger partial charge on any atom is -0.324 e. The van der Waals surface area contributed by atoms with Gasteiger partial charge in [-0.15, -0.1) is 0 Å². The van der Waals surface area contributed by atoms with E-state index in [4.69, 9.17) is 11.6 Å². The Morgan fingerprint density at radius 3 is 2.36 bits per heavy atom. The number of allylic oxidation sites excluding steroid dienone is 2. The summed E-state index contributed by atoms with van der Waals surface area (Å²) in [5.41, 5.74) is 0.553. The first-order chi connectivity index (χ1) is 12.0. The van der Waals surface area contributed by atoms with Crippen LogP contribution in [0.3, 0.4) is 0 Å². The molecule has 2 saturated carbocycles. The number of rotatable bonds is 3. The van der Waals surface area contributed by atoms with Crippen molar-refractivity contribution in [1.82, 2.24) is 4.90 Å². The van der Waals surface area contributed by atoms with Crippen molar-refractivity contribution in [1.29, 1.82) is 0 Å². The Bertz CT molecular complexity index is 800. The summed E-state index contributed by atoms with van der Waals surface area (Å²) < 4.78 is 0. The van der Waals surface area contributed by atoms with Gasteiger partial charge in [-0.05, 0) is 48.3 Å². The Morgan fingerprint density at radius 2 is 1.76 bits per heavy atom. The third-order valence-corrected chi connectivity index (χ3v) is 6.40. The van der Waals surface area contributed by atoms with Crippen molar-refractivity contribution in [3.63, 3.8) is 0 Å². The number of nitrogens with one attached hydrogen (secondary N) is 1. The number of benzene rings is 1. The van der Waals surface area contributed by atoms with Gasteiger partial charge < -0.3 is 5.32 Å². The molecule has 3 amide bonds. The van der Waals surface area contributed by atoms with Crippen LogP contribution in [0.5, 0.6) is 0 Å². The lowest BCUT2D eigenvalue weighted by atomic mass is 9.63. The molecule has 5 nitrogen and oxygen atoms in total. The van der Waals surface area contributed by atoms with Crippen molar-refractivity contribution >= 4 is 35.0 Å². The van der Waals surface area contributed by atoms with Crippen LogP contribution < -0.4 is 5.32 Å². The summed E-state index contributed by atoms with van der Waals surface area (Å²) in [6.07, 6.45) is 5.38. The van der Waals surface area contributed by atoms with Crippen molar-refractivity contribution in [3.8, 4) is 0 Å². The summed E-state index contributed by atoms with van der Waals surface area (Å²) in [6, 6.07) is 6.79. The van der Waals surface area contributed by atoms with Gasteiger partial charge in [0.25, 0.3) is 0 Å². The lowest BCUT2D eigenvalue weighted by Crippen LogP contribution is -2.40. The topological polar surface area (TPSA) is 66.5 Å². The van der Waals surface area contributed by atoms with Gasteiger partial charge in [0.05, 0.1) is 11.8 Å². The van der Waals surface area contributed by atoms with Gasteiger partial charge in [0.2, 0.25) is 17.7 Å². The maximum absolute atomic E-state index is 12.8. The average Bonchev–Trinajstić information content (AvgIpc) is 3.36.